The zero-order valence-corrected chi connectivity index (χ0v) is 43.6. The van der Waals surface area contributed by atoms with Gasteiger partial charge in [0.25, 0.3) is 0 Å². The van der Waals surface area contributed by atoms with E-state index in [-0.39, 0.29) is 56.1 Å². The highest BCUT2D eigenvalue weighted by Crippen LogP contribution is 2.22. The predicted octanol–water partition coefficient (Wildman–Crippen LogP) is -1.27. The molecule has 0 aromatic heterocycles. The Morgan fingerprint density at radius 1 is 0.842 bits per heavy atom. The molecule has 0 saturated carbocycles. The van der Waals surface area contributed by atoms with Crippen LogP contribution in [0.2, 0.25) is 0 Å². The Kier molecular flexibility index (Phi) is 27.0. The van der Waals surface area contributed by atoms with E-state index in [0.29, 0.717) is 24.2 Å². The van der Waals surface area contributed by atoms with E-state index in [1.165, 1.54) is 23.8 Å². The molecule has 0 spiro atoms. The van der Waals surface area contributed by atoms with Gasteiger partial charge in [-0.2, -0.15) is 24.9 Å². The number of aliphatic carboxylic acids is 2. The first-order valence-electron chi connectivity index (χ1n) is 24.3. The van der Waals surface area contributed by atoms with Gasteiger partial charge in [-0.1, -0.05) is 46.2 Å². The largest absolute Gasteiger partial charge is 0.497 e. The summed E-state index contributed by atoms with van der Waals surface area (Å²) in [7, 11) is 1.50. The van der Waals surface area contributed by atoms with Crippen LogP contribution in [-0.2, 0) is 64.0 Å². The number of carboxylic acid groups (broad SMARTS) is 2. The highest BCUT2D eigenvalue weighted by Gasteiger charge is 2.41. The second-order valence-electron chi connectivity index (χ2n) is 18.4. The number of carbonyl (C=O) groups is 12. The first-order chi connectivity index (χ1) is 35.6. The van der Waals surface area contributed by atoms with Crippen LogP contribution in [0.15, 0.2) is 24.3 Å². The van der Waals surface area contributed by atoms with Crippen LogP contribution >= 0.6 is 11.8 Å². The number of likely N-dealkylation sites (tertiary alicyclic amines) is 1. The van der Waals surface area contributed by atoms with Crippen LogP contribution in [-0.4, -0.2) is 166 Å². The summed E-state index contributed by atoms with van der Waals surface area (Å²) in [5.41, 5.74) is 11.3. The Morgan fingerprint density at radius 2 is 1.45 bits per heavy atom. The molecule has 13 N–H and O–H groups in total. The summed E-state index contributed by atoms with van der Waals surface area (Å²) >= 11 is 1.17. The number of methoxy groups -OCH3 is 1. The number of ether oxygens (including phenoxy) is 1. The molecule has 0 radical (unpaired) electrons. The highest BCUT2D eigenvalue weighted by atomic mass is 32.2. The van der Waals surface area contributed by atoms with Crippen LogP contribution in [0.5, 0.6) is 5.75 Å². The molecule has 25 nitrogen and oxygen atoms in total. The van der Waals surface area contributed by atoms with Crippen LogP contribution < -0.4 is 53.4 Å². The maximum Gasteiger partial charge on any atom is 0.490 e. The fourth-order valence-electron chi connectivity index (χ4n) is 7.66. The third-order valence-corrected chi connectivity index (χ3v) is 13.0. The van der Waals surface area contributed by atoms with Gasteiger partial charge < -0.3 is 68.5 Å². The molecule has 8 atom stereocenters. The van der Waals surface area contributed by atoms with Crippen molar-refractivity contribution in [1.82, 2.24) is 42.1 Å². The Balaban J connectivity index is 0.00000263. The summed E-state index contributed by atoms with van der Waals surface area (Å²) in [6.07, 6.45) is -5.71. The van der Waals surface area contributed by atoms with E-state index in [2.05, 4.69) is 37.2 Å². The van der Waals surface area contributed by atoms with Crippen molar-refractivity contribution in [3.8, 4) is 5.75 Å². The van der Waals surface area contributed by atoms with Crippen molar-refractivity contribution in [3.05, 3.63) is 29.8 Å². The van der Waals surface area contributed by atoms with Gasteiger partial charge in [0.2, 0.25) is 59.1 Å². The molecule has 3 rings (SSSR count). The van der Waals surface area contributed by atoms with Crippen molar-refractivity contribution in [2.24, 2.45) is 23.3 Å². The maximum absolute atomic E-state index is 14.5. The number of hydrogen-bond donors (Lipinski definition) is 11. The average molecular weight is 1100 g/mol. The average Bonchev–Trinajstić information content (AvgIpc) is 3.84. The van der Waals surface area contributed by atoms with Gasteiger partial charge in [-0.25, -0.2) is 4.79 Å². The molecular formula is C47H69F3N10O15S. The number of carboxylic acids is 2. The number of nitrogens with two attached hydrogens (primary N) is 2. The zero-order valence-electron chi connectivity index (χ0n) is 42.8. The summed E-state index contributed by atoms with van der Waals surface area (Å²) in [5.74, 6) is -12.1. The lowest BCUT2D eigenvalue weighted by Gasteiger charge is -2.31. The molecule has 0 bridgehead atoms. The molecule has 2 aliphatic heterocycles. The predicted molar refractivity (Wildman–Crippen MR) is 265 cm³/mol. The monoisotopic (exact) mass is 1100 g/mol. The SMILES string of the molecule is CC[C@H](C)[C@@H]1NC(=O)[C@H](Cc2ccc(OC)cc2)NC(=O)CCCSC[C@@H](C(=O)N2CCC[C@H]2C(=O)N[C@@H](CC(C)C)C(=O)NCC(N)=O)NC(=O)[C@H](CC(N)=O)NC(=O)[C@H](CCC(=O)O)NC1=O.O=C(O)C(F)(F)F. The van der Waals surface area contributed by atoms with Crippen LogP contribution in [0.4, 0.5) is 13.2 Å². The number of hydrogen-bond acceptors (Lipinski definition) is 14. The van der Waals surface area contributed by atoms with E-state index in [1.54, 1.807) is 38.1 Å². The first kappa shape index (κ1) is 64.9. The molecule has 2 saturated heterocycles. The fraction of sp³-hybridized carbons (Fsp3) is 0.617. The number of nitrogens with zero attached hydrogens (tertiary/aromatic N) is 1. The topological polar surface area (TPSA) is 394 Å². The molecule has 2 heterocycles. The summed E-state index contributed by atoms with van der Waals surface area (Å²) in [5, 5.41) is 34.7. The van der Waals surface area contributed by atoms with Gasteiger partial charge in [-0.3, -0.25) is 52.7 Å². The molecule has 424 valence electrons. The lowest BCUT2D eigenvalue weighted by atomic mass is 9.96. The van der Waals surface area contributed by atoms with E-state index < -0.39 is 151 Å². The molecule has 29 heteroatoms. The van der Waals surface area contributed by atoms with Gasteiger partial charge in [0, 0.05) is 31.6 Å². The molecule has 2 aliphatic rings. The number of alkyl halides is 3. The Bertz CT molecular complexity index is 2240. The number of benzene rings is 1. The zero-order chi connectivity index (χ0) is 57.4. The van der Waals surface area contributed by atoms with E-state index in [1.807, 2.05) is 13.8 Å². The van der Waals surface area contributed by atoms with E-state index in [4.69, 9.17) is 26.1 Å². The molecule has 76 heavy (non-hydrogen) atoms. The smallest absolute Gasteiger partial charge is 0.490 e. The van der Waals surface area contributed by atoms with Crippen molar-refractivity contribution in [1.29, 1.82) is 0 Å². The van der Waals surface area contributed by atoms with Gasteiger partial charge in [0.05, 0.1) is 20.1 Å². The lowest BCUT2D eigenvalue weighted by Crippen LogP contribution is -2.61. The van der Waals surface area contributed by atoms with Gasteiger partial charge in [-0.05, 0) is 67.4 Å². The fourth-order valence-corrected chi connectivity index (χ4v) is 8.64. The van der Waals surface area contributed by atoms with E-state index in [9.17, 15) is 71.0 Å². The number of rotatable bonds is 18. The molecular weight excluding hydrogens is 1030 g/mol. The van der Waals surface area contributed by atoms with Crippen LogP contribution in [0.25, 0.3) is 0 Å². The van der Waals surface area contributed by atoms with Crippen molar-refractivity contribution in [2.75, 3.05) is 31.7 Å². The summed E-state index contributed by atoms with van der Waals surface area (Å²) in [6.45, 7) is 6.69. The Labute approximate surface area is 440 Å². The second kappa shape index (κ2) is 31.6. The number of carbonyl (C=O) groups excluding carboxylic acids is 10. The van der Waals surface area contributed by atoms with Crippen LogP contribution in [0, 0.1) is 11.8 Å². The van der Waals surface area contributed by atoms with Gasteiger partial charge in [-0.15, -0.1) is 0 Å². The third-order valence-electron chi connectivity index (χ3n) is 11.8. The molecule has 0 aliphatic carbocycles. The van der Waals surface area contributed by atoms with E-state index in [0.717, 1.165) is 0 Å². The number of thioether (sulfide) groups is 1. The standard InChI is InChI=1S/C45H68N10O13S.C2HF3O2/c1-6-25(4)38-44(66)50-28(15-16-37(59)60)40(62)51-31(21-34(46)56)41(63)53-32(23-69-18-8-10-36(58)49-30(42(64)54-38)20-26-11-13-27(68-5)14-12-26)45(67)55-17-7-9-33(55)43(65)52-29(19-24(2)3)39(61)48-22-35(47)57;3-2(4,5)1(6)7/h11-14,24-25,28-33,38H,6-10,15-23H2,1-5H3,(H2,46,56)(H2,47,57)(H,48,61)(H,49,58)(H,50,66)(H,51,62)(H,52,65)(H,53,63)(H,54,64)(H,59,60);(H,6,7)/t25-,28-,29-,30-,31-,32-,33-,38-;/m0./s1. The first-order valence-corrected chi connectivity index (χ1v) is 25.4. The number of primary amides is 2. The van der Waals surface area contributed by atoms with Crippen molar-refractivity contribution >= 4 is 82.8 Å². The summed E-state index contributed by atoms with van der Waals surface area (Å²) < 4.78 is 37.0. The lowest BCUT2D eigenvalue weighted by molar-refractivity contribution is -0.192. The molecule has 0 unspecified atom stereocenters. The van der Waals surface area contributed by atoms with Gasteiger partial charge in [0.15, 0.2) is 0 Å². The second-order valence-corrected chi connectivity index (χ2v) is 19.5. The minimum Gasteiger partial charge on any atom is -0.497 e. The van der Waals surface area contributed by atoms with Crippen molar-refractivity contribution in [3.63, 3.8) is 0 Å². The van der Waals surface area contributed by atoms with E-state index >= 15 is 0 Å². The van der Waals surface area contributed by atoms with Crippen molar-refractivity contribution < 1.29 is 85.7 Å². The minimum absolute atomic E-state index is 0.00986. The molecule has 1 aromatic rings. The summed E-state index contributed by atoms with van der Waals surface area (Å²) in [6, 6.07) is -2.63. The van der Waals surface area contributed by atoms with Crippen LogP contribution in [0.1, 0.15) is 91.0 Å². The Morgan fingerprint density at radius 3 is 2.00 bits per heavy atom. The van der Waals surface area contributed by atoms with Crippen molar-refractivity contribution in [2.45, 2.75) is 140 Å². The maximum atomic E-state index is 14.5. The summed E-state index contributed by atoms with van der Waals surface area (Å²) in [4.78, 5) is 156. The number of halogens is 3. The third kappa shape index (κ3) is 22.7. The number of amides is 10. The van der Waals surface area contributed by atoms with Crippen LogP contribution in [0.3, 0.4) is 0 Å². The molecule has 1 aromatic carbocycles. The molecule has 10 amide bonds. The van der Waals surface area contributed by atoms with Gasteiger partial charge in [0.1, 0.15) is 48.0 Å². The normalized spacial score (nSPS) is 22.1. The molecule has 2 fully saturated rings. The van der Waals surface area contributed by atoms with Gasteiger partial charge >= 0.3 is 18.1 Å². The number of nitrogens with one attached hydrogen (secondary N) is 7. The highest BCUT2D eigenvalue weighted by molar-refractivity contribution is 7.99. The Hall–Kier alpha value is -7.20. The quantitative estimate of drug-likeness (QED) is 0.0817. The minimum atomic E-state index is -5.08.